The van der Waals surface area contributed by atoms with Gasteiger partial charge in [-0.2, -0.15) is 5.10 Å². The second-order valence-electron chi connectivity index (χ2n) is 5.43. The van der Waals surface area contributed by atoms with Crippen molar-refractivity contribution in [2.75, 3.05) is 6.61 Å². The minimum Gasteiger partial charge on any atom is -0.465 e. The van der Waals surface area contributed by atoms with Crippen LogP contribution in [0.5, 0.6) is 0 Å². The van der Waals surface area contributed by atoms with Gasteiger partial charge in [0.15, 0.2) is 0 Å². The highest BCUT2D eigenvalue weighted by atomic mass is 19.1. The summed E-state index contributed by atoms with van der Waals surface area (Å²) < 4.78 is 20.3. The summed E-state index contributed by atoms with van der Waals surface area (Å²) in [5.74, 6) is -1.07. The molecule has 0 amide bonds. The lowest BCUT2D eigenvalue weighted by atomic mass is 10.0. The average Bonchev–Trinajstić information content (AvgIpc) is 2.45. The lowest BCUT2D eigenvalue weighted by Crippen LogP contribution is -2.29. The fourth-order valence-corrected chi connectivity index (χ4v) is 2.31. The Hall–Kier alpha value is -2.24. The van der Waals surface area contributed by atoms with Crippen molar-refractivity contribution in [3.63, 3.8) is 0 Å². The number of hydrogen-bond donors (Lipinski definition) is 0. The zero-order chi connectivity index (χ0) is 16.4. The van der Waals surface area contributed by atoms with E-state index in [0.717, 1.165) is 4.68 Å². The van der Waals surface area contributed by atoms with E-state index in [-0.39, 0.29) is 29.8 Å². The van der Waals surface area contributed by atoms with Crippen LogP contribution < -0.4 is 5.56 Å². The van der Waals surface area contributed by atoms with Crippen molar-refractivity contribution in [3.05, 3.63) is 39.6 Å². The molecule has 22 heavy (non-hydrogen) atoms. The van der Waals surface area contributed by atoms with E-state index >= 15 is 0 Å². The summed E-state index contributed by atoms with van der Waals surface area (Å²) in [5, 5.41) is 4.65. The summed E-state index contributed by atoms with van der Waals surface area (Å²) >= 11 is 0. The zero-order valence-corrected chi connectivity index (χ0v) is 13.1. The van der Waals surface area contributed by atoms with Gasteiger partial charge in [0.05, 0.1) is 17.7 Å². The fourth-order valence-electron chi connectivity index (χ4n) is 2.31. The number of halogens is 1. The van der Waals surface area contributed by atoms with Gasteiger partial charge >= 0.3 is 5.97 Å². The van der Waals surface area contributed by atoms with Crippen LogP contribution >= 0.6 is 0 Å². The first kappa shape index (κ1) is 16.1. The molecule has 118 valence electrons. The quantitative estimate of drug-likeness (QED) is 0.814. The molecule has 2 rings (SSSR count). The maximum Gasteiger partial charge on any atom is 0.327 e. The molecule has 0 aliphatic carbocycles. The van der Waals surface area contributed by atoms with Crippen LogP contribution in [0, 0.1) is 12.7 Å². The molecule has 0 radical (unpaired) electrons. The third-order valence-electron chi connectivity index (χ3n) is 3.42. The number of nitrogens with zero attached hydrogens (tertiary/aromatic N) is 2. The molecular weight excluding hydrogens is 287 g/mol. The molecule has 2 aromatic rings. The van der Waals surface area contributed by atoms with Crippen molar-refractivity contribution in [1.82, 2.24) is 9.78 Å². The van der Waals surface area contributed by atoms with E-state index in [1.807, 2.05) is 13.8 Å². The molecule has 0 bridgehead atoms. The number of carbonyl (C=O) groups excluding carboxylic acids is 1. The number of ether oxygens (including phenoxy) is 1. The number of hydrogen-bond acceptors (Lipinski definition) is 4. The van der Waals surface area contributed by atoms with Crippen LogP contribution in [-0.4, -0.2) is 22.4 Å². The predicted molar refractivity (Wildman–Crippen MR) is 81.4 cm³/mol. The number of aryl methyl sites for hydroxylation is 1. The first-order valence-electron chi connectivity index (χ1n) is 7.22. The summed E-state index contributed by atoms with van der Waals surface area (Å²) in [6.07, 6.45) is 0. The Kier molecular flexibility index (Phi) is 4.59. The number of esters is 1. The lowest BCUT2D eigenvalue weighted by Gasteiger charge is -2.14. The highest BCUT2D eigenvalue weighted by Gasteiger charge is 2.19. The van der Waals surface area contributed by atoms with E-state index < -0.39 is 17.3 Å². The van der Waals surface area contributed by atoms with Crippen LogP contribution in [0.3, 0.4) is 0 Å². The minimum atomic E-state index is -0.543. The van der Waals surface area contributed by atoms with E-state index in [2.05, 4.69) is 5.10 Å². The number of fused-ring (bicyclic) bond motifs is 1. The Bertz CT molecular complexity index is 781. The summed E-state index contributed by atoms with van der Waals surface area (Å²) in [6, 6.07) is 3.13. The molecule has 0 aliphatic rings. The Balaban J connectivity index is 2.72. The van der Waals surface area contributed by atoms with Gasteiger partial charge in [-0.3, -0.25) is 9.59 Å². The van der Waals surface area contributed by atoms with Crippen LogP contribution in [0.4, 0.5) is 4.39 Å². The van der Waals surface area contributed by atoms with Gasteiger partial charge in [-0.25, -0.2) is 9.07 Å². The third-order valence-corrected chi connectivity index (χ3v) is 3.42. The molecule has 6 heteroatoms. The Morgan fingerprint density at radius 2 is 2.09 bits per heavy atom. The van der Waals surface area contributed by atoms with Crippen LogP contribution in [0.1, 0.15) is 37.9 Å². The molecule has 1 heterocycles. The largest absolute Gasteiger partial charge is 0.465 e. The summed E-state index contributed by atoms with van der Waals surface area (Å²) in [5.41, 5.74) is 0.421. The van der Waals surface area contributed by atoms with Crippen molar-refractivity contribution in [1.29, 1.82) is 0 Å². The molecule has 0 saturated carbocycles. The highest BCUT2D eigenvalue weighted by molar-refractivity contribution is 5.85. The summed E-state index contributed by atoms with van der Waals surface area (Å²) in [6.45, 7) is 7.00. The smallest absolute Gasteiger partial charge is 0.327 e. The summed E-state index contributed by atoms with van der Waals surface area (Å²) in [7, 11) is 0. The molecule has 1 aromatic heterocycles. The number of carbonyl (C=O) groups is 1. The molecule has 1 aromatic carbocycles. The first-order valence-corrected chi connectivity index (χ1v) is 7.22. The van der Waals surface area contributed by atoms with Crippen molar-refractivity contribution in [2.24, 2.45) is 0 Å². The number of benzene rings is 1. The topological polar surface area (TPSA) is 61.2 Å². The molecular formula is C16H19FN2O3. The molecule has 0 unspecified atom stereocenters. The van der Waals surface area contributed by atoms with E-state index in [0.29, 0.717) is 11.3 Å². The lowest BCUT2D eigenvalue weighted by molar-refractivity contribution is -0.144. The van der Waals surface area contributed by atoms with E-state index in [1.165, 1.54) is 0 Å². The number of aromatic nitrogens is 2. The third kappa shape index (κ3) is 2.86. The van der Waals surface area contributed by atoms with Crippen LogP contribution in [-0.2, 0) is 16.1 Å². The van der Waals surface area contributed by atoms with Crippen molar-refractivity contribution < 1.29 is 13.9 Å². The number of rotatable bonds is 4. The minimum absolute atomic E-state index is 0.0900. The van der Waals surface area contributed by atoms with Gasteiger partial charge in [-0.1, -0.05) is 19.9 Å². The highest BCUT2D eigenvalue weighted by Crippen LogP contribution is 2.25. The van der Waals surface area contributed by atoms with Crippen molar-refractivity contribution >= 4 is 16.7 Å². The molecule has 0 fully saturated rings. The normalized spacial score (nSPS) is 11.2. The zero-order valence-electron chi connectivity index (χ0n) is 13.1. The van der Waals surface area contributed by atoms with Crippen LogP contribution in [0.15, 0.2) is 16.9 Å². The van der Waals surface area contributed by atoms with Gasteiger partial charge < -0.3 is 4.74 Å². The van der Waals surface area contributed by atoms with Gasteiger partial charge in [0.25, 0.3) is 5.56 Å². The Morgan fingerprint density at radius 1 is 1.41 bits per heavy atom. The maximum absolute atomic E-state index is 14.4. The molecule has 5 nitrogen and oxygen atoms in total. The monoisotopic (exact) mass is 306 g/mol. The Morgan fingerprint density at radius 3 is 2.68 bits per heavy atom. The Labute approximate surface area is 127 Å². The van der Waals surface area contributed by atoms with Crippen LogP contribution in [0.2, 0.25) is 0 Å². The van der Waals surface area contributed by atoms with Crippen molar-refractivity contribution in [2.45, 2.75) is 40.2 Å². The molecule has 0 N–H and O–H groups in total. The van der Waals surface area contributed by atoms with Gasteiger partial charge in [0, 0.05) is 5.39 Å². The first-order chi connectivity index (χ1) is 10.4. The van der Waals surface area contributed by atoms with Gasteiger partial charge in [-0.05, 0) is 31.4 Å². The molecule has 0 spiro atoms. The molecule has 0 saturated heterocycles. The summed E-state index contributed by atoms with van der Waals surface area (Å²) in [4.78, 5) is 24.0. The van der Waals surface area contributed by atoms with Crippen LogP contribution in [0.25, 0.3) is 10.8 Å². The maximum atomic E-state index is 14.4. The van der Waals surface area contributed by atoms with E-state index in [4.69, 9.17) is 4.74 Å². The van der Waals surface area contributed by atoms with Crippen molar-refractivity contribution in [3.8, 4) is 0 Å². The van der Waals surface area contributed by atoms with Gasteiger partial charge in [-0.15, -0.1) is 0 Å². The van der Waals surface area contributed by atoms with E-state index in [1.54, 1.807) is 26.0 Å². The predicted octanol–water partition coefficient (Wildman–Crippen LogP) is 2.53. The second-order valence-corrected chi connectivity index (χ2v) is 5.43. The van der Waals surface area contributed by atoms with E-state index in [9.17, 15) is 14.0 Å². The van der Waals surface area contributed by atoms with Gasteiger partial charge in [0.2, 0.25) is 0 Å². The molecule has 0 aliphatic heterocycles. The van der Waals surface area contributed by atoms with Gasteiger partial charge in [0.1, 0.15) is 12.4 Å². The standard InChI is InChI=1S/C16H19FN2O3/c1-5-22-12(20)8-19-16(21)11-7-6-10(4)14(17)13(11)15(18-19)9(2)3/h6-7,9H,5,8H2,1-4H3. The second kappa shape index (κ2) is 6.25. The fraction of sp³-hybridized carbons (Fsp3) is 0.438. The SMILES string of the molecule is CCOC(=O)Cn1nc(C(C)C)c2c(F)c(C)ccc2c1=O. The average molecular weight is 306 g/mol. The molecule has 0 atom stereocenters.